The van der Waals surface area contributed by atoms with Crippen molar-refractivity contribution in [2.45, 2.75) is 64.1 Å². The van der Waals surface area contributed by atoms with Crippen LogP contribution in [0.4, 0.5) is 0 Å². The van der Waals surface area contributed by atoms with E-state index in [1.807, 2.05) is 6.07 Å². The fraction of sp³-hybridized carbons (Fsp3) is 0.609. The smallest absolute Gasteiger partial charge is 0.302 e. The molecule has 144 valence electrons. The summed E-state index contributed by atoms with van der Waals surface area (Å²) in [6.45, 7) is 1.52. The van der Waals surface area contributed by atoms with Crippen LogP contribution in [-0.2, 0) is 16.0 Å². The molecule has 5 rings (SSSR count). The number of carbonyl (C=O) groups is 1. The molecule has 2 bridgehead atoms. The maximum atomic E-state index is 11.7. The molecule has 0 radical (unpaired) electrons. The molecule has 2 fully saturated rings. The Morgan fingerprint density at radius 1 is 1.22 bits per heavy atom. The number of methoxy groups -OCH3 is 1. The number of esters is 1. The first kappa shape index (κ1) is 17.3. The number of aliphatic hydroxyl groups is 1. The summed E-state index contributed by atoms with van der Waals surface area (Å²) in [6.07, 6.45) is 6.58. The van der Waals surface area contributed by atoms with Crippen molar-refractivity contribution < 1.29 is 19.4 Å². The van der Waals surface area contributed by atoms with Crippen LogP contribution in [0.5, 0.6) is 5.75 Å². The van der Waals surface area contributed by atoms with Crippen molar-refractivity contribution in [3.63, 3.8) is 0 Å². The molecule has 4 nitrogen and oxygen atoms in total. The van der Waals surface area contributed by atoms with Crippen LogP contribution in [0.3, 0.4) is 0 Å². The maximum absolute atomic E-state index is 11.7. The van der Waals surface area contributed by atoms with Crippen LogP contribution < -0.4 is 4.74 Å². The molecule has 4 heteroatoms. The normalized spacial score (nSPS) is 36.6. The molecule has 0 aliphatic heterocycles. The highest BCUT2D eigenvalue weighted by atomic mass is 16.5. The van der Waals surface area contributed by atoms with Gasteiger partial charge in [-0.25, -0.2) is 0 Å². The molecular weight excluding hydrogens is 340 g/mol. The number of allylic oxidation sites excluding steroid dienone is 1. The molecule has 2 saturated carbocycles. The second-order valence-electron chi connectivity index (χ2n) is 8.84. The van der Waals surface area contributed by atoms with Crippen LogP contribution in [0.15, 0.2) is 23.8 Å². The summed E-state index contributed by atoms with van der Waals surface area (Å²) in [4.78, 5) is 11.7. The van der Waals surface area contributed by atoms with Crippen molar-refractivity contribution in [2.24, 2.45) is 17.3 Å². The first-order chi connectivity index (χ1) is 13.0. The van der Waals surface area contributed by atoms with Gasteiger partial charge in [0, 0.05) is 18.3 Å². The summed E-state index contributed by atoms with van der Waals surface area (Å²) in [7, 11) is 1.71. The Morgan fingerprint density at radius 3 is 2.85 bits per heavy atom. The number of aryl methyl sites for hydroxylation is 1. The van der Waals surface area contributed by atoms with Crippen molar-refractivity contribution in [3.05, 3.63) is 34.9 Å². The summed E-state index contributed by atoms with van der Waals surface area (Å²) < 4.78 is 11.2. The second-order valence-corrected chi connectivity index (χ2v) is 8.84. The lowest BCUT2D eigenvalue weighted by Gasteiger charge is -2.54. The monoisotopic (exact) mass is 368 g/mol. The minimum atomic E-state index is -0.298. The Labute approximate surface area is 160 Å². The Hall–Kier alpha value is -1.81. The molecule has 0 aromatic heterocycles. The lowest BCUT2D eigenvalue weighted by molar-refractivity contribution is -0.157. The Kier molecular flexibility index (Phi) is 3.91. The van der Waals surface area contributed by atoms with Crippen LogP contribution in [0.1, 0.15) is 56.6 Å². The van der Waals surface area contributed by atoms with Crippen molar-refractivity contribution in [2.75, 3.05) is 7.11 Å². The first-order valence-electron chi connectivity index (χ1n) is 10.3. The molecule has 4 aliphatic carbocycles. The van der Waals surface area contributed by atoms with Crippen LogP contribution in [0.25, 0.3) is 5.57 Å². The number of aliphatic hydroxyl groups excluding tert-OH is 1. The molecule has 0 amide bonds. The minimum absolute atomic E-state index is 0.0151. The van der Waals surface area contributed by atoms with Gasteiger partial charge in [0.25, 0.3) is 0 Å². The number of ether oxygens (including phenoxy) is 2. The van der Waals surface area contributed by atoms with Gasteiger partial charge in [0.2, 0.25) is 0 Å². The number of rotatable bonds is 2. The quantitative estimate of drug-likeness (QED) is 0.805. The van der Waals surface area contributed by atoms with Crippen LogP contribution in [0, 0.1) is 17.3 Å². The number of hydrogen-bond donors (Lipinski definition) is 1. The standard InChI is InChI=1S/C23H28O4/c1-13(24)27-21-8-7-19-17-5-3-14-11-15(26-2)4-6-16(14)22(17)18-12-23(19,21)10-9-20(18)25/h4,6,11,18-21,25H,3,5,7-10,12H2,1-2H3/t18-,19+,20?,21+,23+/m1/s1. The van der Waals surface area contributed by atoms with Gasteiger partial charge in [0.05, 0.1) is 13.2 Å². The highest BCUT2D eigenvalue weighted by molar-refractivity contribution is 5.77. The number of carbonyl (C=O) groups excluding carboxylic acids is 1. The lowest BCUT2D eigenvalue weighted by Crippen LogP contribution is -2.50. The average molecular weight is 368 g/mol. The molecule has 1 N–H and O–H groups in total. The van der Waals surface area contributed by atoms with Crippen LogP contribution in [0.2, 0.25) is 0 Å². The van der Waals surface area contributed by atoms with Crippen molar-refractivity contribution in [1.82, 2.24) is 0 Å². The molecule has 27 heavy (non-hydrogen) atoms. The van der Waals surface area contributed by atoms with E-state index in [-0.39, 0.29) is 29.5 Å². The summed E-state index contributed by atoms with van der Waals surface area (Å²) in [5.74, 6) is 1.39. The third kappa shape index (κ3) is 2.42. The molecule has 1 aromatic rings. The van der Waals surface area contributed by atoms with Crippen LogP contribution in [-0.4, -0.2) is 30.4 Å². The number of benzene rings is 1. The molecule has 0 saturated heterocycles. The van der Waals surface area contributed by atoms with E-state index < -0.39 is 0 Å². The predicted octanol–water partition coefficient (Wildman–Crippen LogP) is 3.90. The van der Waals surface area contributed by atoms with E-state index in [1.54, 1.807) is 7.11 Å². The fourth-order valence-electron chi connectivity index (χ4n) is 6.73. The van der Waals surface area contributed by atoms with E-state index in [2.05, 4.69) is 12.1 Å². The van der Waals surface area contributed by atoms with Crippen molar-refractivity contribution in [3.8, 4) is 5.75 Å². The van der Waals surface area contributed by atoms with Gasteiger partial charge >= 0.3 is 5.97 Å². The van der Waals surface area contributed by atoms with Gasteiger partial charge in [0.1, 0.15) is 11.9 Å². The zero-order valence-corrected chi connectivity index (χ0v) is 16.2. The highest BCUT2D eigenvalue weighted by Gasteiger charge is 2.60. The number of hydrogen-bond acceptors (Lipinski definition) is 4. The molecule has 1 spiro atoms. The molecule has 1 unspecified atom stereocenters. The zero-order chi connectivity index (χ0) is 18.8. The van der Waals surface area contributed by atoms with E-state index in [1.165, 1.54) is 29.2 Å². The predicted molar refractivity (Wildman–Crippen MR) is 102 cm³/mol. The van der Waals surface area contributed by atoms with Crippen molar-refractivity contribution >= 4 is 11.5 Å². The van der Waals surface area contributed by atoms with Gasteiger partial charge in [-0.1, -0.05) is 11.6 Å². The molecule has 5 atom stereocenters. The number of fused-ring (bicyclic) bond motifs is 5. The maximum Gasteiger partial charge on any atom is 0.302 e. The van der Waals surface area contributed by atoms with E-state index in [0.29, 0.717) is 5.92 Å². The van der Waals surface area contributed by atoms with Gasteiger partial charge in [-0.3, -0.25) is 4.79 Å². The van der Waals surface area contributed by atoms with Crippen molar-refractivity contribution in [1.29, 1.82) is 0 Å². The minimum Gasteiger partial charge on any atom is -0.497 e. The topological polar surface area (TPSA) is 55.8 Å². The summed E-state index contributed by atoms with van der Waals surface area (Å²) in [6, 6.07) is 6.39. The van der Waals surface area contributed by atoms with E-state index >= 15 is 0 Å². The fourth-order valence-corrected chi connectivity index (χ4v) is 6.73. The first-order valence-corrected chi connectivity index (χ1v) is 10.3. The Bertz CT molecular complexity index is 826. The van der Waals surface area contributed by atoms with Gasteiger partial charge in [0.15, 0.2) is 0 Å². The summed E-state index contributed by atoms with van der Waals surface area (Å²) >= 11 is 0. The zero-order valence-electron chi connectivity index (χ0n) is 16.2. The molecular formula is C23H28O4. The lowest BCUT2D eigenvalue weighted by atomic mass is 9.52. The summed E-state index contributed by atoms with van der Waals surface area (Å²) in [5.41, 5.74) is 5.63. The molecule has 1 aromatic carbocycles. The van der Waals surface area contributed by atoms with E-state index in [0.717, 1.165) is 50.7 Å². The van der Waals surface area contributed by atoms with Gasteiger partial charge in [-0.15, -0.1) is 0 Å². The highest BCUT2D eigenvalue weighted by Crippen LogP contribution is 2.65. The SMILES string of the molecule is COc1ccc2c(c1)CCC1=C2[C@@H]2C[C@]3(CCC2O)[C@@H](OC(C)=O)CC[C@@H]13. The van der Waals surface area contributed by atoms with Gasteiger partial charge in [-0.2, -0.15) is 0 Å². The van der Waals surface area contributed by atoms with Crippen LogP contribution >= 0.6 is 0 Å². The third-order valence-corrected chi connectivity index (χ3v) is 7.73. The Morgan fingerprint density at radius 2 is 2.07 bits per heavy atom. The van der Waals surface area contributed by atoms with E-state index in [9.17, 15) is 9.90 Å². The van der Waals surface area contributed by atoms with Gasteiger partial charge < -0.3 is 14.6 Å². The molecule has 4 aliphatic rings. The molecule has 0 heterocycles. The van der Waals surface area contributed by atoms with Gasteiger partial charge in [-0.05, 0) is 79.7 Å². The summed E-state index contributed by atoms with van der Waals surface area (Å²) in [5, 5.41) is 10.9. The largest absolute Gasteiger partial charge is 0.497 e. The average Bonchev–Trinajstić information content (AvgIpc) is 3.01. The van der Waals surface area contributed by atoms with E-state index in [4.69, 9.17) is 9.47 Å². The third-order valence-electron chi connectivity index (χ3n) is 7.73. The second kappa shape index (κ2) is 6.10. The Balaban J connectivity index is 1.63.